The number of hydrogen-bond acceptors (Lipinski definition) is 12. The lowest BCUT2D eigenvalue weighted by molar-refractivity contribution is 0.188. The number of methoxy groups -OCH3 is 2. The molecule has 0 amide bonds. The molecule has 0 saturated heterocycles. The van der Waals surface area contributed by atoms with Crippen molar-refractivity contribution in [2.45, 2.75) is 67.2 Å². The minimum absolute atomic E-state index is 0.0481. The van der Waals surface area contributed by atoms with Gasteiger partial charge in [-0.3, -0.25) is 9.97 Å². The average Bonchev–Trinajstić information content (AvgIpc) is 3.75. The molecule has 6 aromatic rings. The van der Waals surface area contributed by atoms with E-state index in [-0.39, 0.29) is 17.9 Å². The Bertz CT molecular complexity index is 1860. The van der Waals surface area contributed by atoms with Crippen LogP contribution in [0.5, 0.6) is 0 Å². The quantitative estimate of drug-likeness (QED) is 0.114. The van der Waals surface area contributed by atoms with Crippen LogP contribution in [0.25, 0.3) is 22.1 Å². The fraction of sp³-hybridized carbons (Fsp3) is 0.389. The molecule has 268 valence electrons. The van der Waals surface area contributed by atoms with Gasteiger partial charge in [0.2, 0.25) is 11.9 Å². The third kappa shape index (κ3) is 10.6. The van der Waals surface area contributed by atoms with E-state index in [2.05, 4.69) is 56.6 Å². The van der Waals surface area contributed by atoms with Crippen molar-refractivity contribution in [3.05, 3.63) is 84.2 Å². The fourth-order valence-electron chi connectivity index (χ4n) is 4.92. The zero-order chi connectivity index (χ0) is 36.5. The highest BCUT2D eigenvalue weighted by Crippen LogP contribution is 2.26. The summed E-state index contributed by atoms with van der Waals surface area (Å²) in [6.45, 7) is 15.3. The Labute approximate surface area is 294 Å². The van der Waals surface area contributed by atoms with Crippen LogP contribution in [-0.2, 0) is 29.1 Å². The summed E-state index contributed by atoms with van der Waals surface area (Å²) in [7, 11) is 3.37. The molecule has 0 bridgehead atoms. The van der Waals surface area contributed by atoms with Crippen LogP contribution in [0.15, 0.2) is 67.4 Å². The highest BCUT2D eigenvalue weighted by molar-refractivity contribution is 5.88. The monoisotopic (exact) mass is 684 g/mol. The predicted molar refractivity (Wildman–Crippen MR) is 203 cm³/mol. The number of ether oxygens (including phenoxy) is 2. The number of nitrogen functional groups attached to an aromatic ring is 2. The van der Waals surface area contributed by atoms with Gasteiger partial charge in [-0.1, -0.05) is 39.8 Å². The number of pyridine rings is 2. The molecule has 6 heterocycles. The molecule has 14 nitrogen and oxygen atoms in total. The minimum Gasteiger partial charge on any atom is -0.383 e. The molecule has 6 rings (SSSR count). The van der Waals surface area contributed by atoms with Crippen molar-refractivity contribution < 1.29 is 9.47 Å². The summed E-state index contributed by atoms with van der Waals surface area (Å²) >= 11 is 0. The molecule has 0 spiro atoms. The molecule has 6 aromatic heterocycles. The molecule has 1 unspecified atom stereocenters. The van der Waals surface area contributed by atoms with Gasteiger partial charge in [0, 0.05) is 58.3 Å². The molecule has 1 atom stereocenters. The van der Waals surface area contributed by atoms with E-state index in [0.717, 1.165) is 52.0 Å². The molecule has 6 N–H and O–H groups in total. The van der Waals surface area contributed by atoms with E-state index in [1.54, 1.807) is 20.4 Å². The van der Waals surface area contributed by atoms with Crippen LogP contribution >= 0.6 is 0 Å². The van der Waals surface area contributed by atoms with Crippen LogP contribution in [0.3, 0.4) is 0 Å². The predicted octanol–water partition coefficient (Wildman–Crippen LogP) is 6.26. The first-order valence-corrected chi connectivity index (χ1v) is 16.9. The Morgan fingerprint density at radius 2 is 1.34 bits per heavy atom. The van der Waals surface area contributed by atoms with E-state index in [9.17, 15) is 0 Å². The zero-order valence-electron chi connectivity index (χ0n) is 30.5. The second-order valence-corrected chi connectivity index (χ2v) is 10.7. The zero-order valence-corrected chi connectivity index (χ0v) is 30.5. The van der Waals surface area contributed by atoms with Gasteiger partial charge >= 0.3 is 0 Å². The number of rotatable bonds is 12. The van der Waals surface area contributed by atoms with Crippen molar-refractivity contribution in [1.82, 2.24) is 39.0 Å². The fourth-order valence-corrected chi connectivity index (χ4v) is 4.92. The van der Waals surface area contributed by atoms with Crippen molar-refractivity contribution in [3.8, 4) is 0 Å². The third-order valence-electron chi connectivity index (χ3n) is 7.28. The molecule has 0 fully saturated rings. The number of fused-ring (bicyclic) bond motifs is 2. The first-order valence-electron chi connectivity index (χ1n) is 16.9. The smallest absolute Gasteiger partial charge is 0.222 e. The Morgan fingerprint density at radius 3 is 1.86 bits per heavy atom. The Hall–Kier alpha value is -5.34. The summed E-state index contributed by atoms with van der Waals surface area (Å²) in [6, 6.07) is 11.9. The van der Waals surface area contributed by atoms with Gasteiger partial charge in [0.1, 0.15) is 11.0 Å². The molecule has 0 aliphatic carbocycles. The van der Waals surface area contributed by atoms with E-state index in [0.29, 0.717) is 31.4 Å². The normalized spacial score (nSPS) is 11.0. The largest absolute Gasteiger partial charge is 0.383 e. The van der Waals surface area contributed by atoms with Gasteiger partial charge in [-0.05, 0) is 49.2 Å². The first kappa shape index (κ1) is 39.1. The summed E-state index contributed by atoms with van der Waals surface area (Å²) < 4.78 is 14.4. The summed E-state index contributed by atoms with van der Waals surface area (Å²) in [5.41, 5.74) is 18.3. The first-order chi connectivity index (χ1) is 24.4. The Kier molecular flexibility index (Phi) is 15.8. The van der Waals surface area contributed by atoms with Crippen molar-refractivity contribution >= 4 is 45.6 Å². The second kappa shape index (κ2) is 20.2. The van der Waals surface area contributed by atoms with Gasteiger partial charge in [0.15, 0.2) is 11.6 Å². The van der Waals surface area contributed by atoms with E-state index in [1.807, 2.05) is 95.8 Å². The molecule has 0 saturated carbocycles. The number of hydrogen-bond donors (Lipinski definition) is 4. The summed E-state index contributed by atoms with van der Waals surface area (Å²) in [6.07, 6.45) is 9.38. The maximum absolute atomic E-state index is 5.84. The number of nitrogens with one attached hydrogen (secondary N) is 2. The number of anilines is 4. The van der Waals surface area contributed by atoms with Crippen molar-refractivity contribution in [2.24, 2.45) is 0 Å². The molecule has 0 aliphatic heterocycles. The lowest BCUT2D eigenvalue weighted by Gasteiger charge is -2.16. The van der Waals surface area contributed by atoms with Gasteiger partial charge in [0.25, 0.3) is 0 Å². The van der Waals surface area contributed by atoms with Crippen LogP contribution in [0.2, 0.25) is 0 Å². The van der Waals surface area contributed by atoms with Gasteiger partial charge in [-0.25, -0.2) is 9.97 Å². The maximum atomic E-state index is 5.84. The van der Waals surface area contributed by atoms with Crippen LogP contribution < -0.4 is 22.1 Å². The van der Waals surface area contributed by atoms with Gasteiger partial charge in [-0.15, -0.1) is 0 Å². The summed E-state index contributed by atoms with van der Waals surface area (Å²) in [5.74, 6) is 1.92. The molecule has 50 heavy (non-hydrogen) atoms. The molecular weight excluding hydrogens is 632 g/mol. The van der Waals surface area contributed by atoms with Crippen molar-refractivity contribution in [2.75, 3.05) is 49.5 Å². The molecule has 0 aliphatic rings. The number of nitrogens with two attached hydrogens (primary N) is 2. The van der Waals surface area contributed by atoms with Gasteiger partial charge < -0.3 is 40.7 Å². The molecule has 0 radical (unpaired) electrons. The van der Waals surface area contributed by atoms with Crippen LogP contribution in [0.1, 0.15) is 57.5 Å². The highest BCUT2D eigenvalue weighted by Gasteiger charge is 2.15. The van der Waals surface area contributed by atoms with Gasteiger partial charge in [-0.2, -0.15) is 9.97 Å². The molecule has 0 aromatic carbocycles. The number of aryl methyl sites for hydroxylation is 1. The third-order valence-corrected chi connectivity index (χ3v) is 7.28. The SMILES string of the molecule is CC.CC.COCCn1ccc2nc(N)nc(NC(C)c3cccnc3)c21.COCCn1ccc2nc(N)nc(NCc3ccc(C)cn3)c21. The lowest BCUT2D eigenvalue weighted by Crippen LogP contribution is -2.12. The van der Waals surface area contributed by atoms with E-state index < -0.39 is 0 Å². The standard InChI is InChI=1S/2C16H20N6O.2C2H6/c1-11-3-4-12(18-9-11)10-19-15-14-13(20-16(17)21-15)5-6-22(14)7-8-23-2;1-11(12-4-3-6-18-10-12)19-15-14-13(20-16(17)21-15)5-7-22(14)8-9-23-2;2*1-2/h3-6,9H,7-8,10H2,1-2H3,(H3,17,19,20,21);3-7,10-11H,8-9H2,1-2H3,(H3,17,19,20,21);2*1-2H3. The van der Waals surface area contributed by atoms with Crippen molar-refractivity contribution in [1.29, 1.82) is 0 Å². The van der Waals surface area contributed by atoms with Crippen molar-refractivity contribution in [3.63, 3.8) is 0 Å². The molecule has 14 heteroatoms. The number of aromatic nitrogens is 8. The average molecular weight is 685 g/mol. The molecular formula is C36H52N12O2. The van der Waals surface area contributed by atoms with E-state index >= 15 is 0 Å². The maximum Gasteiger partial charge on any atom is 0.222 e. The van der Waals surface area contributed by atoms with Crippen LogP contribution in [0.4, 0.5) is 23.5 Å². The summed E-state index contributed by atoms with van der Waals surface area (Å²) in [5, 5.41) is 6.72. The topological polar surface area (TPSA) is 182 Å². The lowest BCUT2D eigenvalue weighted by atomic mass is 10.1. The minimum atomic E-state index is 0.0481. The van der Waals surface area contributed by atoms with Crippen LogP contribution in [-0.4, -0.2) is 66.5 Å². The Morgan fingerprint density at radius 1 is 0.760 bits per heavy atom. The highest BCUT2D eigenvalue weighted by atomic mass is 16.5. The van der Waals surface area contributed by atoms with E-state index in [1.165, 1.54) is 0 Å². The van der Waals surface area contributed by atoms with E-state index in [4.69, 9.17) is 20.9 Å². The summed E-state index contributed by atoms with van der Waals surface area (Å²) in [4.78, 5) is 25.8. The van der Waals surface area contributed by atoms with Crippen LogP contribution in [0, 0.1) is 6.92 Å². The Balaban J connectivity index is 0.000000246. The number of nitrogens with zero attached hydrogens (tertiary/aromatic N) is 8. The van der Waals surface area contributed by atoms with Gasteiger partial charge in [0.05, 0.1) is 42.5 Å². The second-order valence-electron chi connectivity index (χ2n) is 10.7.